The zero-order valence-corrected chi connectivity index (χ0v) is 13.3. The summed E-state index contributed by atoms with van der Waals surface area (Å²) in [4.78, 5) is 27.3. The molecule has 0 aliphatic carbocycles. The van der Waals surface area contributed by atoms with Crippen LogP contribution < -0.4 is 15.4 Å². The molecule has 25 heavy (non-hydrogen) atoms. The third kappa shape index (κ3) is 3.66. The predicted octanol–water partition coefficient (Wildman–Crippen LogP) is 1.49. The minimum Gasteiger partial charge on any atom is -0.484 e. The van der Waals surface area contributed by atoms with Gasteiger partial charge in [0.15, 0.2) is 12.3 Å². The lowest BCUT2D eigenvalue weighted by atomic mass is 10.2. The molecule has 0 saturated heterocycles. The Morgan fingerprint density at radius 3 is 2.72 bits per heavy atom. The van der Waals surface area contributed by atoms with Gasteiger partial charge in [0.1, 0.15) is 5.75 Å². The Kier molecular flexibility index (Phi) is 4.46. The van der Waals surface area contributed by atoms with Crippen molar-refractivity contribution < 1.29 is 19.4 Å². The fourth-order valence-electron chi connectivity index (χ4n) is 2.18. The summed E-state index contributed by atoms with van der Waals surface area (Å²) in [6.45, 7) is -0.193. The number of aromatic carboxylic acids is 1. The van der Waals surface area contributed by atoms with Gasteiger partial charge in [0, 0.05) is 7.05 Å². The highest BCUT2D eigenvalue weighted by molar-refractivity contribution is 5.95. The number of aromatic nitrogens is 3. The van der Waals surface area contributed by atoms with Gasteiger partial charge in [-0.1, -0.05) is 18.2 Å². The topological polar surface area (TPSA) is 118 Å². The molecule has 1 aromatic carbocycles. The average Bonchev–Trinajstić information content (AvgIpc) is 3.00. The highest BCUT2D eigenvalue weighted by Gasteiger charge is 2.14. The van der Waals surface area contributed by atoms with E-state index in [1.807, 2.05) is 6.07 Å². The summed E-state index contributed by atoms with van der Waals surface area (Å²) in [7, 11) is 1.61. The van der Waals surface area contributed by atoms with E-state index in [0.29, 0.717) is 17.1 Å². The maximum atomic E-state index is 11.9. The van der Waals surface area contributed by atoms with Crippen LogP contribution in [0.25, 0.3) is 5.65 Å². The van der Waals surface area contributed by atoms with Gasteiger partial charge in [0.25, 0.3) is 5.91 Å². The number of carboxylic acid groups (broad SMARTS) is 1. The van der Waals surface area contributed by atoms with Crippen molar-refractivity contribution in [2.24, 2.45) is 0 Å². The van der Waals surface area contributed by atoms with Crippen molar-refractivity contribution in [3.8, 4) is 5.75 Å². The average molecular weight is 341 g/mol. The van der Waals surface area contributed by atoms with Crippen LogP contribution in [0.15, 0.2) is 42.6 Å². The van der Waals surface area contributed by atoms with Crippen molar-refractivity contribution in [2.75, 3.05) is 24.3 Å². The van der Waals surface area contributed by atoms with E-state index >= 15 is 0 Å². The first-order chi connectivity index (χ1) is 12.1. The van der Waals surface area contributed by atoms with E-state index in [0.717, 1.165) is 0 Å². The second-order valence-corrected chi connectivity index (χ2v) is 5.04. The number of benzene rings is 1. The van der Waals surface area contributed by atoms with Crippen molar-refractivity contribution in [1.82, 2.24) is 14.6 Å². The third-order valence-electron chi connectivity index (χ3n) is 3.34. The van der Waals surface area contributed by atoms with Gasteiger partial charge in [0.2, 0.25) is 5.95 Å². The van der Waals surface area contributed by atoms with Crippen molar-refractivity contribution >= 4 is 29.2 Å². The number of hydrogen-bond donors (Lipinski definition) is 3. The van der Waals surface area contributed by atoms with Crippen LogP contribution in [0.2, 0.25) is 0 Å². The maximum absolute atomic E-state index is 11.9. The van der Waals surface area contributed by atoms with Gasteiger partial charge in [-0.25, -0.2) is 9.31 Å². The van der Waals surface area contributed by atoms with E-state index in [1.54, 1.807) is 31.3 Å². The molecule has 0 spiro atoms. The molecule has 2 aromatic heterocycles. The number of nitrogens with zero attached hydrogens (tertiary/aromatic N) is 3. The van der Waals surface area contributed by atoms with Crippen molar-refractivity contribution in [2.45, 2.75) is 0 Å². The molecule has 1 amide bonds. The Bertz CT molecular complexity index is 923. The standard InChI is InChI=1S/C16H15N5O4/c1-17-12-8-21-13(7-11(12)15(23)24)18-16(20-21)19-14(22)9-25-10-5-3-2-4-6-10/h2-8,17H,9H2,1H3,(H,23,24)(H,19,20,22). The van der Waals surface area contributed by atoms with Crippen LogP contribution in [0, 0.1) is 0 Å². The molecule has 3 rings (SSSR count). The lowest BCUT2D eigenvalue weighted by Gasteiger charge is -2.04. The number of rotatable bonds is 6. The molecule has 0 saturated carbocycles. The minimum absolute atomic E-state index is 0.0613. The summed E-state index contributed by atoms with van der Waals surface area (Å²) in [5.74, 6) is -0.875. The molecular weight excluding hydrogens is 326 g/mol. The van der Waals surface area contributed by atoms with Crippen molar-refractivity contribution in [3.05, 3.63) is 48.2 Å². The van der Waals surface area contributed by atoms with Gasteiger partial charge < -0.3 is 15.2 Å². The molecule has 0 bridgehead atoms. The number of hydrogen-bond acceptors (Lipinski definition) is 6. The normalized spacial score (nSPS) is 10.4. The first-order valence-electron chi connectivity index (χ1n) is 7.36. The van der Waals surface area contributed by atoms with Crippen LogP contribution in [-0.4, -0.2) is 45.2 Å². The molecule has 0 radical (unpaired) electrons. The molecule has 3 N–H and O–H groups in total. The zero-order valence-electron chi connectivity index (χ0n) is 13.3. The number of anilines is 2. The second kappa shape index (κ2) is 6.87. The number of carboxylic acids is 1. The van der Waals surface area contributed by atoms with E-state index in [-0.39, 0.29) is 18.1 Å². The number of carbonyl (C=O) groups is 2. The van der Waals surface area contributed by atoms with Crippen LogP contribution in [0.1, 0.15) is 10.4 Å². The molecule has 9 heteroatoms. The molecule has 0 unspecified atom stereocenters. The Hall–Kier alpha value is -3.62. The third-order valence-corrected chi connectivity index (χ3v) is 3.34. The lowest BCUT2D eigenvalue weighted by Crippen LogP contribution is -2.20. The molecule has 128 valence electrons. The summed E-state index contributed by atoms with van der Waals surface area (Å²) in [6, 6.07) is 10.3. The van der Waals surface area contributed by atoms with Gasteiger partial charge in [-0.05, 0) is 18.2 Å². The largest absolute Gasteiger partial charge is 0.484 e. The smallest absolute Gasteiger partial charge is 0.337 e. The number of ether oxygens (including phenoxy) is 1. The summed E-state index contributed by atoms with van der Waals surface area (Å²) in [6.07, 6.45) is 1.49. The number of pyridine rings is 1. The number of nitrogens with one attached hydrogen (secondary N) is 2. The zero-order chi connectivity index (χ0) is 17.8. The lowest BCUT2D eigenvalue weighted by molar-refractivity contribution is -0.118. The van der Waals surface area contributed by atoms with Crippen LogP contribution in [0.4, 0.5) is 11.6 Å². The van der Waals surface area contributed by atoms with Crippen LogP contribution in [0.5, 0.6) is 5.75 Å². The highest BCUT2D eigenvalue weighted by Crippen LogP contribution is 2.18. The van der Waals surface area contributed by atoms with Gasteiger partial charge >= 0.3 is 5.97 Å². The first kappa shape index (κ1) is 16.2. The number of fused-ring (bicyclic) bond motifs is 1. The van der Waals surface area contributed by atoms with E-state index in [9.17, 15) is 14.7 Å². The van der Waals surface area contributed by atoms with Gasteiger partial charge in [0.05, 0.1) is 17.4 Å². The van der Waals surface area contributed by atoms with E-state index in [4.69, 9.17) is 4.74 Å². The van der Waals surface area contributed by atoms with Gasteiger partial charge in [-0.2, -0.15) is 4.98 Å². The number of para-hydroxylation sites is 1. The minimum atomic E-state index is -1.09. The van der Waals surface area contributed by atoms with Crippen molar-refractivity contribution in [1.29, 1.82) is 0 Å². The van der Waals surface area contributed by atoms with Crippen molar-refractivity contribution in [3.63, 3.8) is 0 Å². The number of carbonyl (C=O) groups excluding carboxylic acids is 1. The van der Waals surface area contributed by atoms with E-state index in [1.165, 1.54) is 16.8 Å². The Balaban J connectivity index is 1.73. The molecule has 0 fully saturated rings. The second-order valence-electron chi connectivity index (χ2n) is 5.04. The summed E-state index contributed by atoms with van der Waals surface area (Å²) in [5.41, 5.74) is 0.749. The Labute approximate surface area is 142 Å². The van der Waals surface area contributed by atoms with Crippen LogP contribution >= 0.6 is 0 Å². The maximum Gasteiger partial charge on any atom is 0.337 e. The number of amides is 1. The molecule has 0 aliphatic rings. The summed E-state index contributed by atoms with van der Waals surface area (Å²) >= 11 is 0. The quantitative estimate of drug-likeness (QED) is 0.621. The SMILES string of the molecule is CNc1cn2nc(NC(=O)COc3ccccc3)nc2cc1C(=O)O. The molecule has 0 aliphatic heterocycles. The van der Waals surface area contributed by atoms with Gasteiger partial charge in [-0.3, -0.25) is 10.1 Å². The Morgan fingerprint density at radius 2 is 2.04 bits per heavy atom. The fraction of sp³-hybridized carbons (Fsp3) is 0.125. The first-order valence-corrected chi connectivity index (χ1v) is 7.36. The van der Waals surface area contributed by atoms with Crippen LogP contribution in [-0.2, 0) is 4.79 Å². The summed E-state index contributed by atoms with van der Waals surface area (Å²) in [5, 5.41) is 18.6. The van der Waals surface area contributed by atoms with E-state index < -0.39 is 11.9 Å². The van der Waals surface area contributed by atoms with Crippen LogP contribution in [0.3, 0.4) is 0 Å². The summed E-state index contributed by atoms with van der Waals surface area (Å²) < 4.78 is 6.72. The Morgan fingerprint density at radius 1 is 1.28 bits per heavy atom. The fourth-order valence-corrected chi connectivity index (χ4v) is 2.18. The molecular formula is C16H15N5O4. The predicted molar refractivity (Wildman–Crippen MR) is 90.1 cm³/mol. The highest BCUT2D eigenvalue weighted by atomic mass is 16.5. The molecule has 2 heterocycles. The van der Waals surface area contributed by atoms with E-state index in [2.05, 4.69) is 20.7 Å². The molecule has 3 aromatic rings. The monoisotopic (exact) mass is 341 g/mol. The molecule has 0 atom stereocenters. The van der Waals surface area contributed by atoms with Gasteiger partial charge in [-0.15, -0.1) is 5.10 Å². The molecule has 9 nitrogen and oxygen atoms in total.